The van der Waals surface area contributed by atoms with Gasteiger partial charge in [0.15, 0.2) is 0 Å². The average molecular weight is 484 g/mol. The van der Waals surface area contributed by atoms with Crippen molar-refractivity contribution >= 4 is 33.2 Å². The van der Waals surface area contributed by atoms with Crippen LogP contribution in [0.25, 0.3) is 0 Å². The second-order valence-electron chi connectivity index (χ2n) is 7.87. The molecule has 1 atom stereocenters. The van der Waals surface area contributed by atoms with Crippen LogP contribution in [0.5, 0.6) is 0 Å². The Bertz CT molecular complexity index is 1180. The average Bonchev–Trinajstić information content (AvgIpc) is 3.06. The van der Waals surface area contributed by atoms with E-state index in [0.29, 0.717) is 17.7 Å². The zero-order valence-electron chi connectivity index (χ0n) is 18.3. The van der Waals surface area contributed by atoms with Crippen LogP contribution in [0.4, 0.5) is 24.5 Å². The smallest absolute Gasteiger partial charge is 0.330 e. The van der Waals surface area contributed by atoms with Gasteiger partial charge in [-0.3, -0.25) is 13.9 Å². The van der Waals surface area contributed by atoms with Gasteiger partial charge in [0.2, 0.25) is 15.9 Å². The molecule has 7 nitrogen and oxygen atoms in total. The number of halogens is 3. The number of hydrogen-bond donors (Lipinski definition) is 1. The molecule has 11 heteroatoms. The number of amides is 2. The minimum Gasteiger partial charge on any atom is -0.330 e. The normalized spacial score (nSPS) is 15.8. The van der Waals surface area contributed by atoms with Crippen LogP contribution in [-0.2, 0) is 27.4 Å². The van der Waals surface area contributed by atoms with Crippen LogP contribution < -0.4 is 9.62 Å². The zero-order chi connectivity index (χ0) is 24.6. The van der Waals surface area contributed by atoms with Crippen molar-refractivity contribution in [1.82, 2.24) is 4.90 Å². The topological polar surface area (TPSA) is 86.8 Å². The fraction of sp³-hybridized carbons (Fsp3) is 0.364. The van der Waals surface area contributed by atoms with Crippen LogP contribution in [0, 0.1) is 0 Å². The van der Waals surface area contributed by atoms with E-state index in [0.717, 1.165) is 18.4 Å². The number of nitrogens with zero attached hydrogens (tertiary/aromatic N) is 2. The Morgan fingerprint density at radius 3 is 2.45 bits per heavy atom. The lowest BCUT2D eigenvalue weighted by Crippen LogP contribution is -2.38. The van der Waals surface area contributed by atoms with Crippen LogP contribution in [-0.4, -0.2) is 50.5 Å². The first kappa shape index (κ1) is 24.6. The first-order valence-corrected chi connectivity index (χ1v) is 12.1. The van der Waals surface area contributed by atoms with E-state index < -0.39 is 40.1 Å². The van der Waals surface area contributed by atoms with Gasteiger partial charge in [-0.2, -0.15) is 13.2 Å². The van der Waals surface area contributed by atoms with Crippen molar-refractivity contribution in [3.63, 3.8) is 0 Å². The standard InChI is InChI=1S/C22H24F3N3O4S/c1-4-27(13-20(29)26-18-8-6-5-7-17(18)22(23,24)25)21(30)15-9-10-19-16(12-15)11-14(2)28(19)33(3,31)32/h5-10,12,14H,4,11,13H2,1-3H3,(H,26,29)/t14-/m0/s1. The third kappa shape index (κ3) is 5.29. The monoisotopic (exact) mass is 483 g/mol. The van der Waals surface area contributed by atoms with Crippen LogP contribution in [0.15, 0.2) is 42.5 Å². The number of likely N-dealkylation sites (N-methyl/N-ethyl adjacent to an activating group) is 1. The van der Waals surface area contributed by atoms with Gasteiger partial charge in [-0.05, 0) is 56.2 Å². The van der Waals surface area contributed by atoms with Crippen LogP contribution in [0.2, 0.25) is 0 Å². The molecule has 1 heterocycles. The number of rotatable bonds is 6. The zero-order valence-corrected chi connectivity index (χ0v) is 19.1. The number of sulfonamides is 1. The Labute approximate surface area is 190 Å². The number of carbonyl (C=O) groups excluding carboxylic acids is 2. The molecule has 0 spiro atoms. The molecular formula is C22H24F3N3O4S. The highest BCUT2D eigenvalue weighted by atomic mass is 32.2. The van der Waals surface area contributed by atoms with Gasteiger partial charge in [-0.15, -0.1) is 0 Å². The number of anilines is 2. The van der Waals surface area contributed by atoms with Crippen molar-refractivity contribution in [1.29, 1.82) is 0 Å². The van der Waals surface area contributed by atoms with Crippen LogP contribution in [0.3, 0.4) is 0 Å². The van der Waals surface area contributed by atoms with Gasteiger partial charge in [0.25, 0.3) is 5.91 Å². The maximum absolute atomic E-state index is 13.2. The van der Waals surface area contributed by atoms with Crippen molar-refractivity contribution in [2.24, 2.45) is 0 Å². The maximum Gasteiger partial charge on any atom is 0.418 e. The predicted molar refractivity (Wildman–Crippen MR) is 119 cm³/mol. The Balaban J connectivity index is 1.77. The Morgan fingerprint density at radius 1 is 1.18 bits per heavy atom. The summed E-state index contributed by atoms with van der Waals surface area (Å²) < 4.78 is 64.9. The van der Waals surface area contributed by atoms with Crippen molar-refractivity contribution in [3.8, 4) is 0 Å². The summed E-state index contributed by atoms with van der Waals surface area (Å²) in [5.41, 5.74) is 0.105. The number of nitrogens with one attached hydrogen (secondary N) is 1. The second-order valence-corrected chi connectivity index (χ2v) is 9.73. The number of fused-ring (bicyclic) bond motifs is 1. The maximum atomic E-state index is 13.2. The van der Waals surface area contributed by atoms with E-state index in [1.54, 1.807) is 26.0 Å². The summed E-state index contributed by atoms with van der Waals surface area (Å²) in [7, 11) is -3.47. The number of benzene rings is 2. The summed E-state index contributed by atoms with van der Waals surface area (Å²) in [4.78, 5) is 26.6. The fourth-order valence-corrected chi connectivity index (χ4v) is 5.22. The molecular weight excluding hydrogens is 459 g/mol. The molecule has 0 unspecified atom stereocenters. The van der Waals surface area contributed by atoms with Gasteiger partial charge < -0.3 is 10.2 Å². The molecule has 178 valence electrons. The molecule has 0 fully saturated rings. The highest BCUT2D eigenvalue weighted by Gasteiger charge is 2.34. The minimum atomic E-state index is -4.63. The van der Waals surface area contributed by atoms with Gasteiger partial charge in [0.05, 0.1) is 23.2 Å². The molecule has 2 aromatic rings. The third-order valence-corrected chi connectivity index (χ3v) is 6.62. The highest BCUT2D eigenvalue weighted by molar-refractivity contribution is 7.92. The van der Waals surface area contributed by atoms with Gasteiger partial charge in [0.1, 0.15) is 6.54 Å². The molecule has 33 heavy (non-hydrogen) atoms. The molecule has 2 amide bonds. The Kier molecular flexibility index (Phi) is 6.73. The van der Waals surface area contributed by atoms with E-state index in [4.69, 9.17) is 0 Å². The van der Waals surface area contributed by atoms with Crippen molar-refractivity contribution in [3.05, 3.63) is 59.2 Å². The molecule has 0 radical (unpaired) electrons. The first-order chi connectivity index (χ1) is 15.3. The molecule has 0 aliphatic carbocycles. The quantitative estimate of drug-likeness (QED) is 0.681. The molecule has 1 N–H and O–H groups in total. The van der Waals surface area contributed by atoms with E-state index >= 15 is 0 Å². The third-order valence-electron chi connectivity index (χ3n) is 5.35. The molecule has 3 rings (SSSR count). The predicted octanol–water partition coefficient (Wildman–Crippen LogP) is 3.52. The summed E-state index contributed by atoms with van der Waals surface area (Å²) in [5.74, 6) is -1.25. The van der Waals surface area contributed by atoms with Crippen LogP contribution in [0.1, 0.15) is 35.3 Å². The molecule has 0 saturated carbocycles. The first-order valence-electron chi connectivity index (χ1n) is 10.2. The molecule has 2 aromatic carbocycles. The van der Waals surface area contributed by atoms with Crippen molar-refractivity contribution in [2.75, 3.05) is 29.0 Å². The van der Waals surface area contributed by atoms with Gasteiger partial charge in [-0.25, -0.2) is 8.42 Å². The molecule has 0 bridgehead atoms. The van der Waals surface area contributed by atoms with E-state index in [1.165, 1.54) is 27.4 Å². The second kappa shape index (κ2) is 9.05. The summed E-state index contributed by atoms with van der Waals surface area (Å²) >= 11 is 0. The van der Waals surface area contributed by atoms with Crippen molar-refractivity contribution in [2.45, 2.75) is 32.5 Å². The molecule has 0 aromatic heterocycles. The molecule has 1 aliphatic heterocycles. The Hall–Kier alpha value is -3.08. The number of alkyl halides is 3. The van der Waals surface area contributed by atoms with E-state index in [-0.39, 0.29) is 23.8 Å². The largest absolute Gasteiger partial charge is 0.418 e. The SMILES string of the molecule is CCN(CC(=O)Nc1ccccc1C(F)(F)F)C(=O)c1ccc2c(c1)C[C@H](C)N2S(C)(=O)=O. The number of hydrogen-bond acceptors (Lipinski definition) is 4. The summed E-state index contributed by atoms with van der Waals surface area (Å²) in [5, 5.41) is 2.23. The Morgan fingerprint density at radius 2 is 1.85 bits per heavy atom. The fourth-order valence-electron chi connectivity index (χ4n) is 3.95. The molecule has 0 saturated heterocycles. The molecule has 1 aliphatic rings. The van der Waals surface area contributed by atoms with E-state index in [1.807, 2.05) is 0 Å². The lowest BCUT2D eigenvalue weighted by molar-refractivity contribution is -0.137. The van der Waals surface area contributed by atoms with Gasteiger partial charge in [-0.1, -0.05) is 12.1 Å². The lowest BCUT2D eigenvalue weighted by atomic mass is 10.1. The van der Waals surface area contributed by atoms with E-state index in [9.17, 15) is 31.2 Å². The highest BCUT2D eigenvalue weighted by Crippen LogP contribution is 2.36. The number of carbonyl (C=O) groups is 2. The van der Waals surface area contributed by atoms with Crippen LogP contribution >= 0.6 is 0 Å². The summed E-state index contributed by atoms with van der Waals surface area (Å²) in [6.07, 6.45) is -3.08. The van der Waals surface area contributed by atoms with Gasteiger partial charge in [0, 0.05) is 18.2 Å². The summed E-state index contributed by atoms with van der Waals surface area (Å²) in [6.45, 7) is 3.13. The van der Waals surface area contributed by atoms with Crippen molar-refractivity contribution < 1.29 is 31.2 Å². The summed E-state index contributed by atoms with van der Waals surface area (Å²) in [6, 6.07) is 8.95. The van der Waals surface area contributed by atoms with E-state index in [2.05, 4.69) is 5.32 Å². The lowest BCUT2D eigenvalue weighted by Gasteiger charge is -2.23. The van der Waals surface area contributed by atoms with Gasteiger partial charge >= 0.3 is 6.18 Å². The number of para-hydroxylation sites is 1. The minimum absolute atomic E-state index is 0.149.